The van der Waals surface area contributed by atoms with Gasteiger partial charge < -0.3 is 14.4 Å². The van der Waals surface area contributed by atoms with Gasteiger partial charge in [0.1, 0.15) is 18.0 Å². The number of halogens is 1. The third kappa shape index (κ3) is 4.89. The zero-order valence-electron chi connectivity index (χ0n) is 16.0. The summed E-state index contributed by atoms with van der Waals surface area (Å²) in [6.07, 6.45) is 1.53. The molecular weight excluding hydrogens is 401 g/mol. The van der Waals surface area contributed by atoms with E-state index in [1.54, 1.807) is 24.1 Å². The van der Waals surface area contributed by atoms with Gasteiger partial charge in [-0.3, -0.25) is 4.79 Å². The highest BCUT2D eigenvalue weighted by Crippen LogP contribution is 2.21. The van der Waals surface area contributed by atoms with Crippen molar-refractivity contribution < 1.29 is 27.1 Å². The number of carbonyl (C=O) groups is 1. The molecule has 1 fully saturated rings. The van der Waals surface area contributed by atoms with Crippen molar-refractivity contribution in [1.29, 1.82) is 0 Å². The summed E-state index contributed by atoms with van der Waals surface area (Å²) in [5, 5.41) is 0. The molecule has 2 aromatic rings. The van der Waals surface area contributed by atoms with Crippen LogP contribution in [0, 0.1) is 5.82 Å². The summed E-state index contributed by atoms with van der Waals surface area (Å²) in [5.74, 6) is -0.685. The second-order valence-electron chi connectivity index (χ2n) is 6.35. The van der Waals surface area contributed by atoms with Crippen LogP contribution in [0.4, 0.5) is 4.39 Å². The van der Waals surface area contributed by atoms with Crippen molar-refractivity contribution in [3.63, 3.8) is 0 Å². The minimum absolute atomic E-state index is 0.0987. The monoisotopic (exact) mass is 423 g/mol. The number of hydrogen-bond donors (Lipinski definition) is 0. The molecule has 0 unspecified atom stereocenters. The molecule has 1 amide bonds. The van der Waals surface area contributed by atoms with Crippen LogP contribution in [0.5, 0.6) is 5.88 Å². The van der Waals surface area contributed by atoms with Crippen molar-refractivity contribution in [2.24, 2.45) is 0 Å². The molecule has 0 spiro atoms. The van der Waals surface area contributed by atoms with E-state index in [9.17, 15) is 17.6 Å². The molecule has 1 aromatic heterocycles. The van der Waals surface area contributed by atoms with E-state index in [4.69, 9.17) is 9.47 Å². The fourth-order valence-electron chi connectivity index (χ4n) is 2.97. The quantitative estimate of drug-likeness (QED) is 0.626. The minimum atomic E-state index is -3.82. The average Bonchev–Trinajstić information content (AvgIpc) is 2.74. The molecule has 1 aliphatic rings. The highest BCUT2D eigenvalue weighted by molar-refractivity contribution is 7.89. The summed E-state index contributed by atoms with van der Waals surface area (Å²) in [6.45, 7) is 1.27. The lowest BCUT2D eigenvalue weighted by Crippen LogP contribution is -2.50. The zero-order valence-corrected chi connectivity index (χ0v) is 16.8. The van der Waals surface area contributed by atoms with Crippen LogP contribution in [0.2, 0.25) is 0 Å². The second kappa shape index (κ2) is 9.29. The van der Waals surface area contributed by atoms with Gasteiger partial charge in [0.25, 0.3) is 5.91 Å². The number of ether oxygens (including phenoxy) is 2. The molecule has 0 N–H and O–H groups in total. The maximum Gasteiger partial charge on any atom is 0.259 e. The normalized spacial score (nSPS) is 15.3. The van der Waals surface area contributed by atoms with Crippen LogP contribution >= 0.6 is 0 Å². The van der Waals surface area contributed by atoms with Crippen molar-refractivity contribution in [3.8, 4) is 5.88 Å². The third-order valence-corrected chi connectivity index (χ3v) is 6.38. The Morgan fingerprint density at radius 1 is 1.14 bits per heavy atom. The Labute approximate surface area is 168 Å². The van der Waals surface area contributed by atoms with Gasteiger partial charge in [0, 0.05) is 39.5 Å². The first-order valence-corrected chi connectivity index (χ1v) is 10.5. The number of pyridine rings is 1. The van der Waals surface area contributed by atoms with E-state index >= 15 is 0 Å². The molecule has 29 heavy (non-hydrogen) atoms. The Balaban J connectivity index is 1.67. The summed E-state index contributed by atoms with van der Waals surface area (Å²) < 4.78 is 50.5. The van der Waals surface area contributed by atoms with Crippen molar-refractivity contribution in [1.82, 2.24) is 14.2 Å². The van der Waals surface area contributed by atoms with Crippen molar-refractivity contribution in [2.75, 3.05) is 46.5 Å². The molecule has 2 heterocycles. The average molecular weight is 423 g/mol. The van der Waals surface area contributed by atoms with Gasteiger partial charge in [-0.05, 0) is 30.3 Å². The van der Waals surface area contributed by atoms with Gasteiger partial charge in [-0.1, -0.05) is 6.07 Å². The summed E-state index contributed by atoms with van der Waals surface area (Å²) >= 11 is 0. The molecule has 0 bridgehead atoms. The van der Waals surface area contributed by atoms with Crippen LogP contribution < -0.4 is 4.74 Å². The standard InChI is InChI=1S/C19H22FN3O5S/c1-27-12-13-28-18-17(6-3-7-21-18)19(24)22-8-10-23(11-9-22)29(25,26)16-5-2-4-15(20)14-16/h2-7,14H,8-13H2,1H3. The molecule has 8 nitrogen and oxygen atoms in total. The van der Waals surface area contributed by atoms with Gasteiger partial charge in [0.05, 0.1) is 11.5 Å². The van der Waals surface area contributed by atoms with E-state index in [2.05, 4.69) is 4.98 Å². The summed E-state index contributed by atoms with van der Waals surface area (Å²) in [7, 11) is -2.27. The third-order valence-electron chi connectivity index (χ3n) is 4.49. The van der Waals surface area contributed by atoms with E-state index in [-0.39, 0.29) is 49.5 Å². The van der Waals surface area contributed by atoms with E-state index in [0.29, 0.717) is 12.2 Å². The van der Waals surface area contributed by atoms with Gasteiger partial charge in [-0.25, -0.2) is 17.8 Å². The lowest BCUT2D eigenvalue weighted by Gasteiger charge is -2.34. The van der Waals surface area contributed by atoms with Gasteiger partial charge in [-0.2, -0.15) is 4.31 Å². The minimum Gasteiger partial charge on any atom is -0.475 e. The number of amides is 1. The Kier molecular flexibility index (Phi) is 6.78. The Hall–Kier alpha value is -2.56. The maximum absolute atomic E-state index is 13.4. The highest BCUT2D eigenvalue weighted by atomic mass is 32.2. The number of rotatable bonds is 7. The Morgan fingerprint density at radius 3 is 2.59 bits per heavy atom. The molecule has 0 saturated carbocycles. The Morgan fingerprint density at radius 2 is 1.90 bits per heavy atom. The van der Waals surface area contributed by atoms with Crippen LogP contribution in [0.3, 0.4) is 0 Å². The first kappa shape index (κ1) is 21.2. The molecule has 0 atom stereocenters. The zero-order chi connectivity index (χ0) is 20.9. The number of sulfonamides is 1. The van der Waals surface area contributed by atoms with Gasteiger partial charge in [-0.15, -0.1) is 0 Å². The van der Waals surface area contributed by atoms with Crippen molar-refractivity contribution in [2.45, 2.75) is 4.90 Å². The molecule has 1 saturated heterocycles. The van der Waals surface area contributed by atoms with Gasteiger partial charge >= 0.3 is 0 Å². The number of methoxy groups -OCH3 is 1. The van der Waals surface area contributed by atoms with E-state index in [1.165, 1.54) is 28.7 Å². The Bertz CT molecular complexity index is 962. The number of hydrogen-bond acceptors (Lipinski definition) is 6. The summed E-state index contributed by atoms with van der Waals surface area (Å²) in [6, 6.07) is 8.15. The molecule has 1 aliphatic heterocycles. The van der Waals surface area contributed by atoms with Gasteiger partial charge in [0.2, 0.25) is 15.9 Å². The molecule has 0 radical (unpaired) electrons. The van der Waals surface area contributed by atoms with Crippen molar-refractivity contribution in [3.05, 3.63) is 54.0 Å². The summed E-state index contributed by atoms with van der Waals surface area (Å²) in [4.78, 5) is 18.4. The van der Waals surface area contributed by atoms with Crippen LogP contribution in [0.15, 0.2) is 47.5 Å². The predicted molar refractivity (Wildman–Crippen MR) is 103 cm³/mol. The number of benzene rings is 1. The summed E-state index contributed by atoms with van der Waals surface area (Å²) in [5.41, 5.74) is 0.310. The number of nitrogens with zero attached hydrogens (tertiary/aromatic N) is 3. The molecular formula is C19H22FN3O5S. The number of carbonyl (C=O) groups excluding carboxylic acids is 1. The highest BCUT2D eigenvalue weighted by Gasteiger charge is 2.31. The first-order valence-electron chi connectivity index (χ1n) is 9.05. The SMILES string of the molecule is COCCOc1ncccc1C(=O)N1CCN(S(=O)(=O)c2cccc(F)c2)CC1. The second-order valence-corrected chi connectivity index (χ2v) is 8.29. The van der Waals surface area contributed by atoms with Crippen LogP contribution in [0.25, 0.3) is 0 Å². The van der Waals surface area contributed by atoms with Crippen molar-refractivity contribution >= 4 is 15.9 Å². The van der Waals surface area contributed by atoms with Crippen LogP contribution in [0.1, 0.15) is 10.4 Å². The maximum atomic E-state index is 13.4. The lowest BCUT2D eigenvalue weighted by atomic mass is 10.2. The molecule has 1 aromatic carbocycles. The molecule has 156 valence electrons. The van der Waals surface area contributed by atoms with E-state index in [0.717, 1.165) is 6.07 Å². The topological polar surface area (TPSA) is 89.0 Å². The predicted octanol–water partition coefficient (Wildman–Crippen LogP) is 1.39. The lowest BCUT2D eigenvalue weighted by molar-refractivity contribution is 0.0689. The molecule has 3 rings (SSSR count). The fraction of sp³-hybridized carbons (Fsp3) is 0.368. The van der Waals surface area contributed by atoms with E-state index < -0.39 is 15.8 Å². The smallest absolute Gasteiger partial charge is 0.259 e. The first-order chi connectivity index (χ1) is 13.9. The van der Waals surface area contributed by atoms with Crippen LogP contribution in [-0.2, 0) is 14.8 Å². The fourth-order valence-corrected chi connectivity index (χ4v) is 4.42. The van der Waals surface area contributed by atoms with Gasteiger partial charge in [0.15, 0.2) is 0 Å². The van der Waals surface area contributed by atoms with Crippen LogP contribution in [-0.4, -0.2) is 75.0 Å². The molecule has 10 heteroatoms. The number of aromatic nitrogens is 1. The van der Waals surface area contributed by atoms with E-state index in [1.807, 2.05) is 0 Å². The number of piperazine rings is 1. The largest absolute Gasteiger partial charge is 0.475 e. The molecule has 0 aliphatic carbocycles.